The van der Waals surface area contributed by atoms with Gasteiger partial charge >= 0.3 is 5.97 Å². The van der Waals surface area contributed by atoms with Crippen molar-refractivity contribution in [1.29, 1.82) is 0 Å². The first-order valence-corrected chi connectivity index (χ1v) is 11.2. The fraction of sp³-hybridized carbons (Fsp3) is 0.542. The van der Waals surface area contributed by atoms with E-state index in [1.54, 1.807) is 13.8 Å². The first kappa shape index (κ1) is 23.4. The molecule has 0 saturated carbocycles. The maximum atomic E-state index is 14.0. The lowest BCUT2D eigenvalue weighted by atomic mass is 9.73. The van der Waals surface area contributed by atoms with Crippen LogP contribution in [0, 0.1) is 0 Å². The van der Waals surface area contributed by atoms with E-state index in [4.69, 9.17) is 14.2 Å². The molecule has 1 aromatic rings. The van der Waals surface area contributed by atoms with Gasteiger partial charge in [0.15, 0.2) is 17.7 Å². The second-order valence-electron chi connectivity index (χ2n) is 9.95. The maximum absolute atomic E-state index is 14.0. The Kier molecular flexibility index (Phi) is 5.07. The number of ketones is 2. The molecule has 2 saturated heterocycles. The first-order chi connectivity index (χ1) is 15.5. The van der Waals surface area contributed by atoms with Gasteiger partial charge in [0.25, 0.3) is 0 Å². The van der Waals surface area contributed by atoms with E-state index in [0.29, 0.717) is 17.5 Å². The van der Waals surface area contributed by atoms with Gasteiger partial charge in [0.1, 0.15) is 23.6 Å². The Labute approximate surface area is 202 Å². The zero-order valence-corrected chi connectivity index (χ0v) is 20.0. The molecule has 5 aliphatic rings. The number of nitrogens with zero attached hydrogens (tertiary/aromatic N) is 1. The van der Waals surface area contributed by atoms with E-state index in [2.05, 4.69) is 0 Å². The number of esters is 1. The Morgan fingerprint density at radius 2 is 1.79 bits per heavy atom. The second kappa shape index (κ2) is 7.35. The number of fused-ring (bicyclic) bond motifs is 9. The number of halogens is 1. The van der Waals surface area contributed by atoms with Crippen LogP contribution < -0.4 is 0 Å². The van der Waals surface area contributed by atoms with Crippen molar-refractivity contribution < 1.29 is 38.8 Å². The Morgan fingerprint density at radius 3 is 2.47 bits per heavy atom. The molecule has 182 valence electrons. The van der Waals surface area contributed by atoms with Crippen LogP contribution in [0.2, 0.25) is 0 Å². The molecule has 4 aliphatic heterocycles. The number of benzene rings is 1. The summed E-state index contributed by atoms with van der Waals surface area (Å²) in [4.78, 5) is 41.5. The van der Waals surface area contributed by atoms with E-state index < -0.39 is 53.7 Å². The van der Waals surface area contributed by atoms with Crippen LogP contribution in [-0.2, 0) is 24.6 Å². The summed E-state index contributed by atoms with van der Waals surface area (Å²) >= 11 is 0. The Morgan fingerprint density at radius 1 is 1.12 bits per heavy atom. The van der Waals surface area contributed by atoms with Crippen LogP contribution in [0.1, 0.15) is 64.6 Å². The maximum Gasteiger partial charge on any atom is 0.309 e. The first-order valence-electron chi connectivity index (χ1n) is 11.2. The summed E-state index contributed by atoms with van der Waals surface area (Å²) in [6.45, 7) is 3.40. The number of phenols is 1. The molecule has 0 amide bonds. The number of Topliss-reactive ketones (excluding diaryl/α,β-unsaturated/α-hetero) is 2. The molecular formula is C24H26ClNO8. The molecule has 2 fully saturated rings. The van der Waals surface area contributed by atoms with Gasteiger partial charge in [-0.3, -0.25) is 14.4 Å². The van der Waals surface area contributed by atoms with Crippen LogP contribution in [0.15, 0.2) is 17.2 Å². The van der Waals surface area contributed by atoms with E-state index in [0.717, 1.165) is 0 Å². The molecule has 10 heteroatoms. The summed E-state index contributed by atoms with van der Waals surface area (Å²) in [5, 5.41) is 22.1. The van der Waals surface area contributed by atoms with Crippen molar-refractivity contribution in [3.8, 4) is 5.75 Å². The highest BCUT2D eigenvalue weighted by atomic mass is 35.5. The molecule has 1 aliphatic carbocycles. The van der Waals surface area contributed by atoms with Crippen molar-refractivity contribution in [2.45, 2.75) is 68.9 Å². The summed E-state index contributed by atoms with van der Waals surface area (Å²) in [5.41, 5.74) is 0.146. The van der Waals surface area contributed by atoms with E-state index >= 15 is 0 Å². The van der Waals surface area contributed by atoms with Gasteiger partial charge in [0.2, 0.25) is 0 Å². The van der Waals surface area contributed by atoms with Gasteiger partial charge in [-0.25, -0.2) is 0 Å². The lowest BCUT2D eigenvalue weighted by Crippen LogP contribution is -2.53. The summed E-state index contributed by atoms with van der Waals surface area (Å²) in [6.07, 6.45) is -3.32. The predicted octanol–water partition coefficient (Wildman–Crippen LogP) is 1.57. The van der Waals surface area contributed by atoms with Gasteiger partial charge in [-0.1, -0.05) is 0 Å². The molecule has 2 N–H and O–H groups in total. The Bertz CT molecular complexity index is 1190. The number of aliphatic hydroxyl groups excluding tert-OH is 1. The molecule has 0 radical (unpaired) electrons. The minimum Gasteiger partial charge on any atom is -0.507 e. The summed E-state index contributed by atoms with van der Waals surface area (Å²) < 4.78 is 17.5. The van der Waals surface area contributed by atoms with Crippen molar-refractivity contribution >= 4 is 29.9 Å². The average Bonchev–Trinajstić information content (AvgIpc) is 3.22. The molecule has 0 unspecified atom stereocenters. The van der Waals surface area contributed by atoms with Gasteiger partial charge in [-0.05, 0) is 51.6 Å². The van der Waals surface area contributed by atoms with E-state index in [-0.39, 0.29) is 52.9 Å². The zero-order valence-electron chi connectivity index (χ0n) is 19.2. The number of phenolic OH excluding ortho intramolecular Hbond substituents is 1. The quantitative estimate of drug-likeness (QED) is 0.563. The average molecular weight is 492 g/mol. The lowest BCUT2D eigenvalue weighted by Gasteiger charge is -2.43. The highest BCUT2D eigenvalue weighted by Gasteiger charge is 2.59. The van der Waals surface area contributed by atoms with Crippen molar-refractivity contribution in [2.75, 3.05) is 14.1 Å². The smallest absolute Gasteiger partial charge is 0.309 e. The molecule has 2 bridgehead atoms. The molecule has 4 heterocycles. The number of aliphatic hydroxyl groups is 1. The summed E-state index contributed by atoms with van der Waals surface area (Å²) in [6, 6.07) is 1.20. The third-order valence-corrected chi connectivity index (χ3v) is 7.91. The van der Waals surface area contributed by atoms with Crippen LogP contribution in [0.3, 0.4) is 0 Å². The number of carbonyl (C=O) groups is 3. The molecule has 9 nitrogen and oxygen atoms in total. The minimum atomic E-state index is -1.15. The van der Waals surface area contributed by atoms with Crippen LogP contribution >= 0.6 is 12.4 Å². The molecule has 6 rings (SSSR count). The highest BCUT2D eigenvalue weighted by molar-refractivity contribution is 6.29. The van der Waals surface area contributed by atoms with E-state index in [9.17, 15) is 24.6 Å². The molecular weight excluding hydrogens is 466 g/mol. The lowest BCUT2D eigenvalue weighted by molar-refractivity contribution is -0.194. The van der Waals surface area contributed by atoms with Gasteiger partial charge in [0.05, 0.1) is 29.8 Å². The van der Waals surface area contributed by atoms with Gasteiger partial charge in [-0.2, -0.15) is 0 Å². The SMILES string of the molecule is C[C@H]1O[C@@H]2CC(=O)O[C@@H]2C2=C1C(=O)c1c(O)cc3c(c1C2=O)[C@@H]1C[C@H](N(C)C)[C@@H](O)[C@@]3(C)O1.Cl. The molecule has 7 atom stereocenters. The van der Waals surface area contributed by atoms with Crippen LogP contribution in [0.25, 0.3) is 0 Å². The van der Waals surface area contributed by atoms with Crippen LogP contribution in [-0.4, -0.2) is 77.2 Å². The molecule has 1 aromatic carbocycles. The van der Waals surface area contributed by atoms with Crippen molar-refractivity contribution in [3.05, 3.63) is 39.5 Å². The number of hydrogen-bond donors (Lipinski definition) is 2. The third kappa shape index (κ3) is 2.73. The van der Waals surface area contributed by atoms with Crippen molar-refractivity contribution in [3.63, 3.8) is 0 Å². The highest BCUT2D eigenvalue weighted by Crippen LogP contribution is 2.57. The van der Waals surface area contributed by atoms with Gasteiger partial charge in [-0.15, -0.1) is 12.4 Å². The van der Waals surface area contributed by atoms with Crippen LogP contribution in [0.4, 0.5) is 0 Å². The number of likely N-dealkylation sites (N-methyl/N-ethyl adjacent to an activating group) is 1. The third-order valence-electron chi connectivity index (χ3n) is 7.91. The zero-order chi connectivity index (χ0) is 23.6. The second-order valence-corrected chi connectivity index (χ2v) is 9.95. The van der Waals surface area contributed by atoms with Crippen molar-refractivity contribution in [1.82, 2.24) is 4.90 Å². The standard InChI is InChI=1S/C24H25NO8.ClH/c1-8-15-19(22-13(31-8)7-14(27)32-22)21(29)18-16-9(5-11(26)17(18)20(15)28)24(2)23(30)10(25(3)4)6-12(16)33-24;/h5,8,10,12-13,22-23,26,30H,6-7H2,1-4H3;1H/t8-,10+,12+,13-,22+,23-,24+;/m1./s1. The molecule has 0 aromatic heterocycles. The predicted molar refractivity (Wildman–Crippen MR) is 119 cm³/mol. The number of carbonyl (C=O) groups excluding carboxylic acids is 3. The fourth-order valence-corrected chi connectivity index (χ4v) is 6.35. The Balaban J connectivity index is 0.00000241. The van der Waals surface area contributed by atoms with E-state index in [1.165, 1.54) is 6.07 Å². The van der Waals surface area contributed by atoms with Gasteiger partial charge in [0, 0.05) is 17.2 Å². The minimum absolute atomic E-state index is 0. The topological polar surface area (TPSA) is 123 Å². The Hall–Kier alpha value is -2.30. The summed E-state index contributed by atoms with van der Waals surface area (Å²) in [7, 11) is 3.73. The van der Waals surface area contributed by atoms with Crippen molar-refractivity contribution in [2.24, 2.45) is 0 Å². The van der Waals surface area contributed by atoms with Crippen LogP contribution in [0.5, 0.6) is 5.75 Å². The normalized spacial score (nSPS) is 37.6. The summed E-state index contributed by atoms with van der Waals surface area (Å²) in [5.74, 6) is -1.79. The number of ether oxygens (including phenoxy) is 3. The molecule has 0 spiro atoms. The number of hydrogen-bond acceptors (Lipinski definition) is 9. The number of rotatable bonds is 1. The monoisotopic (exact) mass is 491 g/mol. The van der Waals surface area contributed by atoms with Gasteiger partial charge < -0.3 is 29.3 Å². The largest absolute Gasteiger partial charge is 0.507 e. The fourth-order valence-electron chi connectivity index (χ4n) is 6.35. The molecule has 34 heavy (non-hydrogen) atoms. The van der Waals surface area contributed by atoms with E-state index in [1.807, 2.05) is 19.0 Å². The number of aromatic hydroxyl groups is 1.